The summed E-state index contributed by atoms with van der Waals surface area (Å²) in [7, 11) is -2.61. The maximum Gasteiger partial charge on any atom is 0.325 e. The second kappa shape index (κ2) is 4.60. The minimum Gasteiger partial charge on any atom is -0.329 e. The van der Waals surface area contributed by atoms with Gasteiger partial charge in [0.25, 0.3) is 5.56 Å². The number of aromatic amines is 2. The molecule has 0 aliphatic heterocycles. The first-order chi connectivity index (χ1) is 7.39. The Kier molecular flexibility index (Phi) is 3.62. The third-order valence-electron chi connectivity index (χ3n) is 1.92. The lowest BCUT2D eigenvalue weighted by Crippen LogP contribution is -2.36. The van der Waals surface area contributed by atoms with Gasteiger partial charge in [-0.1, -0.05) is 0 Å². The van der Waals surface area contributed by atoms with E-state index in [-0.39, 0.29) is 13.1 Å². The van der Waals surface area contributed by atoms with Crippen molar-refractivity contribution in [2.75, 3.05) is 20.1 Å². The predicted octanol–water partition coefficient (Wildman–Crippen LogP) is -2.36. The second-order valence-corrected chi connectivity index (χ2v) is 5.06. The second-order valence-electron chi connectivity index (χ2n) is 3.05. The van der Waals surface area contributed by atoms with Gasteiger partial charge < -0.3 is 10.7 Å². The van der Waals surface area contributed by atoms with Gasteiger partial charge in [0.1, 0.15) is 0 Å². The van der Waals surface area contributed by atoms with E-state index in [0.29, 0.717) is 0 Å². The van der Waals surface area contributed by atoms with E-state index in [4.69, 9.17) is 5.73 Å². The maximum absolute atomic E-state index is 11.8. The van der Waals surface area contributed by atoms with Gasteiger partial charge in [-0.05, 0) is 0 Å². The molecule has 0 saturated carbocycles. The van der Waals surface area contributed by atoms with Crippen molar-refractivity contribution >= 4 is 10.0 Å². The Bertz CT molecular complexity index is 573. The van der Waals surface area contributed by atoms with Crippen LogP contribution in [0, 0.1) is 0 Å². The minimum atomic E-state index is -3.91. The highest BCUT2D eigenvalue weighted by atomic mass is 32.2. The predicted molar refractivity (Wildman–Crippen MR) is 56.6 cm³/mol. The summed E-state index contributed by atoms with van der Waals surface area (Å²) in [5.74, 6) is 0. The molecule has 0 saturated heterocycles. The SMILES string of the molecule is CN(CCN)S(=O)(=O)c1c[nH]c(=O)[nH]c1=O. The lowest BCUT2D eigenvalue weighted by molar-refractivity contribution is 0.475. The summed E-state index contributed by atoms with van der Waals surface area (Å²) in [4.78, 5) is 25.4. The number of rotatable bonds is 4. The van der Waals surface area contributed by atoms with Gasteiger partial charge in [0.05, 0.1) is 0 Å². The highest BCUT2D eigenvalue weighted by Crippen LogP contribution is 2.05. The van der Waals surface area contributed by atoms with Gasteiger partial charge in [-0.15, -0.1) is 0 Å². The Morgan fingerprint density at radius 1 is 1.44 bits per heavy atom. The molecule has 8 nitrogen and oxygen atoms in total. The summed E-state index contributed by atoms with van der Waals surface area (Å²) >= 11 is 0. The van der Waals surface area contributed by atoms with E-state index in [1.54, 1.807) is 0 Å². The number of hydrogen-bond acceptors (Lipinski definition) is 5. The number of nitrogens with one attached hydrogen (secondary N) is 2. The van der Waals surface area contributed by atoms with E-state index in [1.165, 1.54) is 7.05 Å². The fourth-order valence-electron chi connectivity index (χ4n) is 1.06. The highest BCUT2D eigenvalue weighted by molar-refractivity contribution is 7.89. The van der Waals surface area contributed by atoms with Crippen molar-refractivity contribution < 1.29 is 8.42 Å². The Hall–Kier alpha value is -1.45. The van der Waals surface area contributed by atoms with E-state index < -0.39 is 26.2 Å². The van der Waals surface area contributed by atoms with Gasteiger partial charge >= 0.3 is 5.69 Å². The first-order valence-corrected chi connectivity index (χ1v) is 5.82. The van der Waals surface area contributed by atoms with E-state index in [0.717, 1.165) is 10.5 Å². The summed E-state index contributed by atoms with van der Waals surface area (Å²) in [6, 6.07) is 0. The van der Waals surface area contributed by atoms with Gasteiger partial charge in [-0.2, -0.15) is 4.31 Å². The van der Waals surface area contributed by atoms with Crippen molar-refractivity contribution in [3.63, 3.8) is 0 Å². The summed E-state index contributed by atoms with van der Waals surface area (Å²) < 4.78 is 24.5. The number of nitrogens with zero attached hydrogens (tertiary/aromatic N) is 1. The Morgan fingerprint density at radius 3 is 2.56 bits per heavy atom. The van der Waals surface area contributed by atoms with Crippen LogP contribution in [-0.4, -0.2) is 42.8 Å². The zero-order chi connectivity index (χ0) is 12.3. The average molecular weight is 248 g/mol. The molecule has 0 aliphatic carbocycles. The van der Waals surface area contributed by atoms with Crippen molar-refractivity contribution in [1.29, 1.82) is 0 Å². The third-order valence-corrected chi connectivity index (χ3v) is 3.78. The maximum atomic E-state index is 11.8. The number of H-pyrrole nitrogens is 2. The summed E-state index contributed by atoms with van der Waals surface area (Å²) in [6.07, 6.45) is 0.865. The van der Waals surface area contributed by atoms with Crippen LogP contribution in [0.5, 0.6) is 0 Å². The van der Waals surface area contributed by atoms with Crippen LogP contribution in [0.2, 0.25) is 0 Å². The van der Waals surface area contributed by atoms with Crippen LogP contribution in [-0.2, 0) is 10.0 Å². The molecule has 0 aromatic carbocycles. The molecule has 0 atom stereocenters. The highest BCUT2D eigenvalue weighted by Gasteiger charge is 2.23. The standard InChI is InChI=1S/C7H12N4O4S/c1-11(3-2-8)16(14,15)5-4-9-7(13)10-6(5)12/h4H,2-3,8H2,1H3,(H2,9,10,12,13). The Labute approximate surface area is 91.1 Å². The molecule has 0 spiro atoms. The number of likely N-dealkylation sites (N-methyl/N-ethyl adjacent to an activating group) is 1. The molecule has 4 N–H and O–H groups in total. The van der Waals surface area contributed by atoms with Crippen molar-refractivity contribution in [2.45, 2.75) is 4.90 Å². The van der Waals surface area contributed by atoms with E-state index in [9.17, 15) is 18.0 Å². The molecule has 90 valence electrons. The van der Waals surface area contributed by atoms with E-state index in [1.807, 2.05) is 4.98 Å². The molecule has 0 amide bonds. The van der Waals surface area contributed by atoms with Gasteiger partial charge in [0, 0.05) is 26.3 Å². The molecule has 1 heterocycles. The van der Waals surface area contributed by atoms with Crippen LogP contribution >= 0.6 is 0 Å². The quantitative estimate of drug-likeness (QED) is 0.549. The molecule has 0 fully saturated rings. The molecule has 1 aromatic rings. The molecule has 0 radical (unpaired) electrons. The number of aromatic nitrogens is 2. The summed E-state index contributed by atoms with van der Waals surface area (Å²) in [6.45, 7) is 0.220. The molecule has 9 heteroatoms. The van der Waals surface area contributed by atoms with Gasteiger partial charge in [-0.3, -0.25) is 9.78 Å². The van der Waals surface area contributed by atoms with Crippen LogP contribution in [0.3, 0.4) is 0 Å². The number of hydrogen-bond donors (Lipinski definition) is 3. The fraction of sp³-hybridized carbons (Fsp3) is 0.429. The number of sulfonamides is 1. The monoisotopic (exact) mass is 248 g/mol. The molecular weight excluding hydrogens is 236 g/mol. The third kappa shape index (κ3) is 2.38. The van der Waals surface area contributed by atoms with Crippen LogP contribution in [0.25, 0.3) is 0 Å². The zero-order valence-corrected chi connectivity index (χ0v) is 9.37. The lowest BCUT2D eigenvalue weighted by Gasteiger charge is -2.14. The largest absolute Gasteiger partial charge is 0.329 e. The van der Waals surface area contributed by atoms with Gasteiger partial charge in [-0.25, -0.2) is 13.2 Å². The van der Waals surface area contributed by atoms with Crippen molar-refractivity contribution in [2.24, 2.45) is 5.73 Å². The Balaban J connectivity index is 3.28. The normalized spacial score (nSPS) is 11.9. The van der Waals surface area contributed by atoms with Gasteiger partial charge in [0.2, 0.25) is 10.0 Å². The number of nitrogens with two attached hydrogens (primary N) is 1. The van der Waals surface area contributed by atoms with Crippen molar-refractivity contribution in [3.05, 3.63) is 27.0 Å². The van der Waals surface area contributed by atoms with Crippen LogP contribution < -0.4 is 17.0 Å². The van der Waals surface area contributed by atoms with E-state index >= 15 is 0 Å². The molecule has 0 aliphatic rings. The lowest BCUT2D eigenvalue weighted by atomic mass is 10.7. The molecule has 1 rings (SSSR count). The first-order valence-electron chi connectivity index (χ1n) is 4.38. The van der Waals surface area contributed by atoms with Crippen LogP contribution in [0.15, 0.2) is 20.7 Å². The van der Waals surface area contributed by atoms with Crippen LogP contribution in [0.1, 0.15) is 0 Å². The smallest absolute Gasteiger partial charge is 0.325 e. The van der Waals surface area contributed by atoms with E-state index in [2.05, 4.69) is 4.98 Å². The molecule has 16 heavy (non-hydrogen) atoms. The fourth-order valence-corrected chi connectivity index (χ4v) is 2.23. The molecule has 1 aromatic heterocycles. The summed E-state index contributed by atoms with van der Waals surface area (Å²) in [5.41, 5.74) is 3.51. The van der Waals surface area contributed by atoms with Crippen molar-refractivity contribution in [3.8, 4) is 0 Å². The van der Waals surface area contributed by atoms with Crippen molar-refractivity contribution in [1.82, 2.24) is 14.3 Å². The van der Waals surface area contributed by atoms with Gasteiger partial charge in [0.15, 0.2) is 4.90 Å². The first kappa shape index (κ1) is 12.6. The molecule has 0 bridgehead atoms. The average Bonchev–Trinajstić information content (AvgIpc) is 2.17. The topological polar surface area (TPSA) is 129 Å². The Morgan fingerprint density at radius 2 is 2.06 bits per heavy atom. The minimum absolute atomic E-state index is 0.0842. The van der Waals surface area contributed by atoms with Crippen LogP contribution in [0.4, 0.5) is 0 Å². The molecule has 0 unspecified atom stereocenters. The summed E-state index contributed by atoms with van der Waals surface area (Å²) in [5, 5.41) is 0. The zero-order valence-electron chi connectivity index (χ0n) is 8.56. The molecular formula is C7H12N4O4S.